The SMILES string of the molecule is Cc1csc(-n2nc(C(N)=O)c3c2C(=O)N(c2ccc(N4CCCCC4=O)cc2)CC3)c1. The zero-order chi connectivity index (χ0) is 22.4. The van der Waals surface area contributed by atoms with E-state index in [9.17, 15) is 14.4 Å². The summed E-state index contributed by atoms with van der Waals surface area (Å²) in [5.41, 5.74) is 9.32. The first-order chi connectivity index (χ1) is 15.4. The molecule has 0 saturated carbocycles. The van der Waals surface area contributed by atoms with Crippen LogP contribution >= 0.6 is 11.3 Å². The normalized spacial score (nSPS) is 16.4. The van der Waals surface area contributed by atoms with Gasteiger partial charge in [0.25, 0.3) is 11.8 Å². The summed E-state index contributed by atoms with van der Waals surface area (Å²) in [6.45, 7) is 3.11. The molecule has 1 aromatic carbocycles. The van der Waals surface area contributed by atoms with E-state index in [0.29, 0.717) is 30.6 Å². The Labute approximate surface area is 189 Å². The Kier molecular flexibility index (Phi) is 5.05. The lowest BCUT2D eigenvalue weighted by molar-refractivity contribution is -0.119. The number of benzene rings is 1. The summed E-state index contributed by atoms with van der Waals surface area (Å²) >= 11 is 1.46. The molecule has 164 valence electrons. The number of amides is 3. The van der Waals surface area contributed by atoms with E-state index >= 15 is 0 Å². The molecule has 2 aliphatic heterocycles. The van der Waals surface area contributed by atoms with Crippen molar-refractivity contribution in [3.05, 3.63) is 58.2 Å². The molecular weight excluding hydrogens is 426 g/mol. The van der Waals surface area contributed by atoms with Gasteiger partial charge >= 0.3 is 0 Å². The molecule has 5 rings (SSSR count). The van der Waals surface area contributed by atoms with E-state index in [4.69, 9.17) is 5.73 Å². The van der Waals surface area contributed by atoms with Crippen LogP contribution in [-0.2, 0) is 11.2 Å². The van der Waals surface area contributed by atoms with Crippen molar-refractivity contribution in [3.8, 4) is 5.00 Å². The second kappa shape index (κ2) is 7.90. The molecule has 3 amide bonds. The van der Waals surface area contributed by atoms with E-state index in [1.54, 1.807) is 14.5 Å². The monoisotopic (exact) mass is 449 g/mol. The van der Waals surface area contributed by atoms with Gasteiger partial charge in [-0.1, -0.05) is 0 Å². The third kappa shape index (κ3) is 3.38. The first-order valence-electron chi connectivity index (χ1n) is 10.6. The molecular formula is C23H23N5O3S. The van der Waals surface area contributed by atoms with Crippen molar-refractivity contribution in [1.29, 1.82) is 0 Å². The number of nitrogens with zero attached hydrogens (tertiary/aromatic N) is 4. The van der Waals surface area contributed by atoms with E-state index in [1.807, 2.05) is 42.6 Å². The van der Waals surface area contributed by atoms with E-state index in [-0.39, 0.29) is 17.5 Å². The largest absolute Gasteiger partial charge is 0.364 e. The zero-order valence-corrected chi connectivity index (χ0v) is 18.5. The number of aromatic nitrogens is 2. The van der Waals surface area contributed by atoms with Crippen LogP contribution in [0.3, 0.4) is 0 Å². The number of anilines is 2. The summed E-state index contributed by atoms with van der Waals surface area (Å²) in [5, 5.41) is 7.13. The third-order valence-electron chi connectivity index (χ3n) is 5.97. The predicted octanol–water partition coefficient (Wildman–Crippen LogP) is 3.06. The molecule has 0 radical (unpaired) electrons. The molecule has 1 fully saturated rings. The van der Waals surface area contributed by atoms with Crippen molar-refractivity contribution in [3.63, 3.8) is 0 Å². The zero-order valence-electron chi connectivity index (χ0n) is 17.7. The summed E-state index contributed by atoms with van der Waals surface area (Å²) in [5.74, 6) is -0.721. The Morgan fingerprint density at radius 3 is 2.38 bits per heavy atom. The van der Waals surface area contributed by atoms with Crippen LogP contribution in [0.5, 0.6) is 0 Å². The lowest BCUT2D eigenvalue weighted by Crippen LogP contribution is -2.39. The highest BCUT2D eigenvalue weighted by Crippen LogP contribution is 2.31. The maximum absolute atomic E-state index is 13.5. The minimum Gasteiger partial charge on any atom is -0.364 e. The van der Waals surface area contributed by atoms with Crippen molar-refractivity contribution in [2.75, 3.05) is 22.9 Å². The van der Waals surface area contributed by atoms with Gasteiger partial charge in [-0.15, -0.1) is 11.3 Å². The van der Waals surface area contributed by atoms with Crippen molar-refractivity contribution < 1.29 is 14.4 Å². The van der Waals surface area contributed by atoms with E-state index in [2.05, 4.69) is 5.10 Å². The fourth-order valence-electron chi connectivity index (χ4n) is 4.38. The van der Waals surface area contributed by atoms with Gasteiger partial charge in [0, 0.05) is 36.4 Å². The minimum atomic E-state index is -0.634. The van der Waals surface area contributed by atoms with Crippen LogP contribution < -0.4 is 15.5 Å². The molecule has 0 aliphatic carbocycles. The van der Waals surface area contributed by atoms with E-state index in [0.717, 1.165) is 41.3 Å². The topological polar surface area (TPSA) is 102 Å². The Morgan fingerprint density at radius 2 is 1.75 bits per heavy atom. The van der Waals surface area contributed by atoms with Crippen LogP contribution in [0, 0.1) is 6.92 Å². The van der Waals surface area contributed by atoms with Gasteiger partial charge in [-0.25, -0.2) is 4.68 Å². The van der Waals surface area contributed by atoms with Crippen LogP contribution in [0.25, 0.3) is 5.00 Å². The van der Waals surface area contributed by atoms with Crippen LogP contribution in [0.4, 0.5) is 11.4 Å². The fraction of sp³-hybridized carbons (Fsp3) is 0.304. The minimum absolute atomic E-state index is 0.136. The number of fused-ring (bicyclic) bond motifs is 1. The van der Waals surface area contributed by atoms with Crippen molar-refractivity contribution in [1.82, 2.24) is 9.78 Å². The molecule has 8 nitrogen and oxygen atoms in total. The molecule has 2 aromatic heterocycles. The molecule has 3 aromatic rings. The van der Waals surface area contributed by atoms with Crippen LogP contribution in [0.15, 0.2) is 35.7 Å². The number of carbonyl (C=O) groups excluding carboxylic acids is 3. The standard InChI is InChI=1S/C23H23N5O3S/c1-14-12-19(32-13-14)28-21-17(20(25-28)22(24)30)9-11-27(23(21)31)16-7-5-15(6-8-16)26-10-3-2-4-18(26)29/h5-8,12-13H,2-4,9-11H2,1H3,(H2,24,30). The van der Waals surface area contributed by atoms with Crippen LogP contribution in [0.2, 0.25) is 0 Å². The van der Waals surface area contributed by atoms with E-state index in [1.165, 1.54) is 11.3 Å². The number of primary amides is 1. The molecule has 0 spiro atoms. The number of hydrogen-bond acceptors (Lipinski definition) is 5. The highest BCUT2D eigenvalue weighted by atomic mass is 32.1. The van der Waals surface area contributed by atoms with Crippen molar-refractivity contribution in [2.45, 2.75) is 32.6 Å². The number of hydrogen-bond donors (Lipinski definition) is 1. The average Bonchev–Trinajstić information content (AvgIpc) is 3.39. The van der Waals surface area contributed by atoms with Crippen LogP contribution in [0.1, 0.15) is 51.4 Å². The van der Waals surface area contributed by atoms with Gasteiger partial charge in [-0.3, -0.25) is 14.4 Å². The van der Waals surface area contributed by atoms with Crippen molar-refractivity contribution >= 4 is 40.4 Å². The number of carbonyl (C=O) groups is 3. The quantitative estimate of drug-likeness (QED) is 0.661. The van der Waals surface area contributed by atoms with Crippen LogP contribution in [-0.4, -0.2) is 40.6 Å². The second-order valence-electron chi connectivity index (χ2n) is 8.14. The highest BCUT2D eigenvalue weighted by molar-refractivity contribution is 7.12. The Balaban J connectivity index is 1.49. The van der Waals surface area contributed by atoms with Gasteiger partial charge < -0.3 is 15.5 Å². The molecule has 2 N–H and O–H groups in total. The molecule has 9 heteroatoms. The predicted molar refractivity (Wildman–Crippen MR) is 123 cm³/mol. The first-order valence-corrected chi connectivity index (χ1v) is 11.5. The molecule has 0 bridgehead atoms. The Bertz CT molecular complexity index is 1230. The first kappa shape index (κ1) is 20.4. The summed E-state index contributed by atoms with van der Waals surface area (Å²) in [7, 11) is 0. The second-order valence-corrected chi connectivity index (χ2v) is 9.03. The number of piperidine rings is 1. The third-order valence-corrected chi connectivity index (χ3v) is 6.99. The molecule has 0 atom stereocenters. The average molecular weight is 450 g/mol. The number of thiophene rings is 1. The summed E-state index contributed by atoms with van der Waals surface area (Å²) in [6, 6.07) is 9.43. The number of nitrogens with two attached hydrogens (primary N) is 1. The Morgan fingerprint density at radius 1 is 1.03 bits per heavy atom. The highest BCUT2D eigenvalue weighted by Gasteiger charge is 2.35. The van der Waals surface area contributed by atoms with Gasteiger partial charge in [-0.2, -0.15) is 5.10 Å². The van der Waals surface area contributed by atoms with Gasteiger partial charge in [0.05, 0.1) is 0 Å². The summed E-state index contributed by atoms with van der Waals surface area (Å²) < 4.78 is 1.54. The maximum atomic E-state index is 13.5. The van der Waals surface area contributed by atoms with Crippen molar-refractivity contribution in [2.24, 2.45) is 5.73 Å². The number of aryl methyl sites for hydroxylation is 1. The fourth-order valence-corrected chi connectivity index (χ4v) is 5.24. The smallest absolute Gasteiger partial charge is 0.277 e. The lowest BCUT2D eigenvalue weighted by Gasteiger charge is -2.29. The molecule has 4 heterocycles. The molecule has 2 aliphatic rings. The number of rotatable bonds is 4. The molecule has 0 unspecified atom stereocenters. The lowest BCUT2D eigenvalue weighted by atomic mass is 10.0. The molecule has 32 heavy (non-hydrogen) atoms. The Hall–Kier alpha value is -3.46. The maximum Gasteiger partial charge on any atom is 0.277 e. The van der Waals surface area contributed by atoms with E-state index < -0.39 is 5.91 Å². The van der Waals surface area contributed by atoms with Gasteiger partial charge in [0.1, 0.15) is 10.7 Å². The summed E-state index contributed by atoms with van der Waals surface area (Å²) in [6.07, 6.45) is 2.98. The van der Waals surface area contributed by atoms with Gasteiger partial charge in [-0.05, 0) is 67.5 Å². The van der Waals surface area contributed by atoms with Gasteiger partial charge in [0.2, 0.25) is 5.91 Å². The van der Waals surface area contributed by atoms with Gasteiger partial charge in [0.15, 0.2) is 5.69 Å². The molecule has 1 saturated heterocycles. The summed E-state index contributed by atoms with van der Waals surface area (Å²) in [4.78, 5) is 41.2.